The second kappa shape index (κ2) is 7.30. The molecule has 0 radical (unpaired) electrons. The monoisotopic (exact) mass is 346 g/mol. The zero-order valence-electron chi connectivity index (χ0n) is 14.2. The molecule has 128 valence electrons. The first kappa shape index (κ1) is 16.9. The summed E-state index contributed by atoms with van der Waals surface area (Å²) in [6, 6.07) is 6.09. The first-order chi connectivity index (χ1) is 11.5. The van der Waals surface area contributed by atoms with Crippen LogP contribution >= 0.6 is 11.8 Å². The average molecular weight is 346 g/mol. The van der Waals surface area contributed by atoms with E-state index in [-0.39, 0.29) is 11.9 Å². The highest BCUT2D eigenvalue weighted by molar-refractivity contribution is 7.99. The minimum absolute atomic E-state index is 0.0331. The maximum absolute atomic E-state index is 12.2. The van der Waals surface area contributed by atoms with Crippen LogP contribution in [0.2, 0.25) is 0 Å². The lowest BCUT2D eigenvalue weighted by Gasteiger charge is -2.27. The number of nitrogens with zero attached hydrogens (tertiary/aromatic N) is 1. The van der Waals surface area contributed by atoms with E-state index in [0.29, 0.717) is 12.4 Å². The van der Waals surface area contributed by atoms with Gasteiger partial charge in [-0.25, -0.2) is 0 Å². The fourth-order valence-corrected chi connectivity index (χ4v) is 3.87. The molecule has 1 aromatic carbocycles. The van der Waals surface area contributed by atoms with Gasteiger partial charge in [0.2, 0.25) is 5.91 Å². The Labute approximate surface area is 146 Å². The maximum Gasteiger partial charge on any atom is 0.230 e. The molecule has 1 unspecified atom stereocenters. The number of rotatable bonds is 5. The first-order valence-corrected chi connectivity index (χ1v) is 9.20. The average Bonchev–Trinajstić information content (AvgIpc) is 2.87. The summed E-state index contributed by atoms with van der Waals surface area (Å²) < 4.78 is 10.9. The fourth-order valence-electron chi connectivity index (χ4n) is 2.88. The summed E-state index contributed by atoms with van der Waals surface area (Å²) in [6.07, 6.45) is 0.822. The molecule has 24 heavy (non-hydrogen) atoms. The molecule has 1 amide bonds. The van der Waals surface area contributed by atoms with Crippen LogP contribution in [0.15, 0.2) is 22.7 Å². The topological polar surface area (TPSA) is 64.4 Å². The van der Waals surface area contributed by atoms with Gasteiger partial charge in [0, 0.05) is 11.3 Å². The highest BCUT2D eigenvalue weighted by Crippen LogP contribution is 2.27. The van der Waals surface area contributed by atoms with Crippen molar-refractivity contribution in [2.75, 3.05) is 12.4 Å². The Balaban J connectivity index is 1.48. The van der Waals surface area contributed by atoms with Crippen LogP contribution in [-0.2, 0) is 17.0 Å². The standard InChI is InChI=1S/C18H22N2O3S/c1-11-5-4-6-17-15(11)7-14(8-22-17)19-18(21)10-24-9-16-12(2)20-23-13(16)3/h4-6,14H,7-10H2,1-3H3,(H,19,21). The van der Waals surface area contributed by atoms with Gasteiger partial charge in [0.05, 0.1) is 17.5 Å². The number of ether oxygens (including phenoxy) is 1. The molecule has 0 spiro atoms. The smallest absolute Gasteiger partial charge is 0.230 e. The van der Waals surface area contributed by atoms with Crippen molar-refractivity contribution in [2.24, 2.45) is 0 Å². The normalized spacial score (nSPS) is 16.4. The number of aryl methyl sites for hydroxylation is 3. The van der Waals surface area contributed by atoms with E-state index in [9.17, 15) is 4.79 Å². The maximum atomic E-state index is 12.2. The molecule has 0 aliphatic carbocycles. The van der Waals surface area contributed by atoms with Gasteiger partial charge in [-0.2, -0.15) is 0 Å². The molecule has 1 aliphatic rings. The van der Waals surface area contributed by atoms with Crippen molar-refractivity contribution in [3.8, 4) is 5.75 Å². The van der Waals surface area contributed by atoms with Gasteiger partial charge in [-0.05, 0) is 44.4 Å². The SMILES string of the molecule is Cc1cccc2c1CC(NC(=O)CSCc1c(C)noc1C)CO2. The highest BCUT2D eigenvalue weighted by atomic mass is 32.2. The summed E-state index contributed by atoms with van der Waals surface area (Å²) >= 11 is 1.57. The minimum atomic E-state index is 0.0331. The number of fused-ring (bicyclic) bond motifs is 1. The number of amides is 1. The van der Waals surface area contributed by atoms with Crippen molar-refractivity contribution in [2.45, 2.75) is 39.0 Å². The molecule has 3 rings (SSSR count). The van der Waals surface area contributed by atoms with Crippen LogP contribution in [0.3, 0.4) is 0 Å². The molecule has 0 saturated heterocycles. The number of benzene rings is 1. The van der Waals surface area contributed by atoms with E-state index in [1.165, 1.54) is 11.1 Å². The van der Waals surface area contributed by atoms with E-state index in [2.05, 4.69) is 23.5 Å². The van der Waals surface area contributed by atoms with Crippen molar-refractivity contribution in [1.82, 2.24) is 10.5 Å². The van der Waals surface area contributed by atoms with E-state index < -0.39 is 0 Å². The molecule has 2 aromatic rings. The summed E-state index contributed by atoms with van der Waals surface area (Å²) in [5, 5.41) is 7.00. The molecule has 0 bridgehead atoms. The van der Waals surface area contributed by atoms with E-state index in [4.69, 9.17) is 9.26 Å². The zero-order valence-corrected chi connectivity index (χ0v) is 15.0. The van der Waals surface area contributed by atoms with Crippen molar-refractivity contribution in [3.63, 3.8) is 0 Å². The summed E-state index contributed by atoms with van der Waals surface area (Å²) in [5.41, 5.74) is 4.38. The van der Waals surface area contributed by atoms with Gasteiger partial charge in [-0.15, -0.1) is 11.8 Å². The summed E-state index contributed by atoms with van der Waals surface area (Å²) in [4.78, 5) is 12.2. The zero-order chi connectivity index (χ0) is 17.1. The minimum Gasteiger partial charge on any atom is -0.491 e. The van der Waals surface area contributed by atoms with Crippen LogP contribution < -0.4 is 10.1 Å². The Kier molecular flexibility index (Phi) is 5.14. The van der Waals surface area contributed by atoms with Crippen LogP contribution in [-0.4, -0.2) is 29.5 Å². The van der Waals surface area contributed by atoms with Crippen molar-refractivity contribution >= 4 is 17.7 Å². The van der Waals surface area contributed by atoms with Crippen LogP contribution in [0.4, 0.5) is 0 Å². The Morgan fingerprint density at radius 3 is 2.96 bits per heavy atom. The van der Waals surface area contributed by atoms with E-state index in [1.807, 2.05) is 26.0 Å². The predicted octanol–water partition coefficient (Wildman–Crippen LogP) is 2.95. The Hall–Kier alpha value is -1.95. The second-order valence-corrected chi connectivity index (χ2v) is 7.11. The molecule has 2 heterocycles. The molecule has 0 saturated carbocycles. The number of nitrogens with one attached hydrogen (secondary N) is 1. The quantitative estimate of drug-likeness (QED) is 0.902. The number of thioether (sulfide) groups is 1. The molecule has 6 heteroatoms. The van der Waals surface area contributed by atoms with Crippen LogP contribution in [0.25, 0.3) is 0 Å². The number of carbonyl (C=O) groups excluding carboxylic acids is 1. The van der Waals surface area contributed by atoms with Gasteiger partial charge in [0.1, 0.15) is 18.1 Å². The summed E-state index contributed by atoms with van der Waals surface area (Å²) in [6.45, 7) is 6.42. The lowest BCUT2D eigenvalue weighted by atomic mass is 9.98. The second-order valence-electron chi connectivity index (χ2n) is 6.13. The molecular weight excluding hydrogens is 324 g/mol. The van der Waals surface area contributed by atoms with Gasteiger partial charge >= 0.3 is 0 Å². The summed E-state index contributed by atoms with van der Waals surface area (Å²) in [5.74, 6) is 2.96. The van der Waals surface area contributed by atoms with E-state index in [1.54, 1.807) is 11.8 Å². The van der Waals surface area contributed by atoms with Gasteiger partial charge in [0.15, 0.2) is 0 Å². The van der Waals surface area contributed by atoms with Gasteiger partial charge in [-0.3, -0.25) is 4.79 Å². The lowest BCUT2D eigenvalue weighted by molar-refractivity contribution is -0.119. The van der Waals surface area contributed by atoms with Gasteiger partial charge < -0.3 is 14.6 Å². The van der Waals surface area contributed by atoms with Gasteiger partial charge in [-0.1, -0.05) is 17.3 Å². The van der Waals surface area contributed by atoms with Crippen molar-refractivity contribution in [3.05, 3.63) is 46.3 Å². The van der Waals surface area contributed by atoms with E-state index in [0.717, 1.165) is 34.9 Å². The number of carbonyl (C=O) groups is 1. The van der Waals surface area contributed by atoms with Crippen LogP contribution in [0.5, 0.6) is 5.75 Å². The Bertz CT molecular complexity index is 722. The molecule has 1 aromatic heterocycles. The summed E-state index contributed by atoms with van der Waals surface area (Å²) in [7, 11) is 0. The molecule has 1 N–H and O–H groups in total. The first-order valence-electron chi connectivity index (χ1n) is 8.04. The fraction of sp³-hybridized carbons (Fsp3) is 0.444. The van der Waals surface area contributed by atoms with Crippen LogP contribution in [0.1, 0.15) is 28.1 Å². The third-order valence-electron chi connectivity index (χ3n) is 4.28. The molecule has 0 fully saturated rings. The highest BCUT2D eigenvalue weighted by Gasteiger charge is 2.22. The number of hydrogen-bond donors (Lipinski definition) is 1. The van der Waals surface area contributed by atoms with Crippen molar-refractivity contribution in [1.29, 1.82) is 0 Å². The predicted molar refractivity (Wildman–Crippen MR) is 94.4 cm³/mol. The number of hydrogen-bond acceptors (Lipinski definition) is 5. The number of aromatic nitrogens is 1. The van der Waals surface area contributed by atoms with Crippen molar-refractivity contribution < 1.29 is 14.1 Å². The molecular formula is C18H22N2O3S. The molecule has 5 nitrogen and oxygen atoms in total. The third-order valence-corrected chi connectivity index (χ3v) is 5.24. The Morgan fingerprint density at radius 1 is 1.38 bits per heavy atom. The largest absolute Gasteiger partial charge is 0.491 e. The lowest BCUT2D eigenvalue weighted by Crippen LogP contribution is -2.43. The third kappa shape index (κ3) is 3.75. The molecule has 1 atom stereocenters. The Morgan fingerprint density at radius 2 is 2.21 bits per heavy atom. The van der Waals surface area contributed by atoms with Crippen LogP contribution in [0, 0.1) is 20.8 Å². The molecule has 1 aliphatic heterocycles. The van der Waals surface area contributed by atoms with Gasteiger partial charge in [0.25, 0.3) is 0 Å². The van der Waals surface area contributed by atoms with E-state index >= 15 is 0 Å².